The van der Waals surface area contributed by atoms with Gasteiger partial charge in [0.15, 0.2) is 11.5 Å². The number of aliphatic hydroxyl groups excluding tert-OH is 1. The lowest BCUT2D eigenvalue weighted by Crippen LogP contribution is -2.18. The molecule has 20 heavy (non-hydrogen) atoms. The summed E-state index contributed by atoms with van der Waals surface area (Å²) in [4.78, 5) is 0. The first-order valence-corrected chi connectivity index (χ1v) is 6.81. The summed E-state index contributed by atoms with van der Waals surface area (Å²) in [5.41, 5.74) is 1.12. The molecule has 0 fully saturated rings. The van der Waals surface area contributed by atoms with Crippen molar-refractivity contribution in [3.63, 3.8) is 0 Å². The summed E-state index contributed by atoms with van der Waals surface area (Å²) in [6.07, 6.45) is 0. The van der Waals surface area contributed by atoms with E-state index in [1.165, 1.54) is 0 Å². The van der Waals surface area contributed by atoms with Crippen LogP contribution in [0.15, 0.2) is 18.2 Å². The standard InChI is InChI=1S/C15H25NO4/c1-12(10-17)11-20-15-8-13(4-5-14(15)19-3)9-16-6-7-18-2/h4-5,8,12,16-17H,6-7,9-11H2,1-3H3. The van der Waals surface area contributed by atoms with Crippen LogP contribution in [0.3, 0.4) is 0 Å². The maximum absolute atomic E-state index is 9.03. The van der Waals surface area contributed by atoms with E-state index in [0.717, 1.165) is 18.7 Å². The third-order valence-electron chi connectivity index (χ3n) is 2.88. The number of ether oxygens (including phenoxy) is 3. The van der Waals surface area contributed by atoms with E-state index in [0.29, 0.717) is 24.7 Å². The van der Waals surface area contributed by atoms with Gasteiger partial charge in [-0.15, -0.1) is 0 Å². The molecule has 1 aromatic rings. The van der Waals surface area contributed by atoms with Crippen molar-refractivity contribution in [2.45, 2.75) is 13.5 Å². The van der Waals surface area contributed by atoms with Gasteiger partial charge in [-0.2, -0.15) is 0 Å². The largest absolute Gasteiger partial charge is 0.493 e. The molecule has 0 aliphatic heterocycles. The minimum atomic E-state index is 0.100. The Morgan fingerprint density at radius 1 is 1.25 bits per heavy atom. The van der Waals surface area contributed by atoms with E-state index in [2.05, 4.69) is 5.32 Å². The first-order valence-electron chi connectivity index (χ1n) is 6.81. The summed E-state index contributed by atoms with van der Waals surface area (Å²) in [7, 11) is 3.30. The van der Waals surface area contributed by atoms with Gasteiger partial charge in [0.05, 0.1) is 20.3 Å². The lowest BCUT2D eigenvalue weighted by atomic mass is 10.2. The Labute approximate surface area is 120 Å². The quantitative estimate of drug-likeness (QED) is 0.636. The van der Waals surface area contributed by atoms with Gasteiger partial charge in [-0.25, -0.2) is 0 Å². The normalized spacial score (nSPS) is 12.2. The smallest absolute Gasteiger partial charge is 0.161 e. The maximum Gasteiger partial charge on any atom is 0.161 e. The van der Waals surface area contributed by atoms with Crippen LogP contribution in [0.2, 0.25) is 0 Å². The Bertz CT molecular complexity index is 384. The van der Waals surface area contributed by atoms with Crippen LogP contribution in [0.5, 0.6) is 11.5 Å². The van der Waals surface area contributed by atoms with Gasteiger partial charge in [0.1, 0.15) is 0 Å². The highest BCUT2D eigenvalue weighted by molar-refractivity contribution is 5.42. The van der Waals surface area contributed by atoms with Crippen LogP contribution in [-0.2, 0) is 11.3 Å². The van der Waals surface area contributed by atoms with Crippen LogP contribution in [0.4, 0.5) is 0 Å². The number of methoxy groups -OCH3 is 2. The van der Waals surface area contributed by atoms with Crippen molar-refractivity contribution >= 4 is 0 Å². The van der Waals surface area contributed by atoms with Gasteiger partial charge >= 0.3 is 0 Å². The van der Waals surface area contributed by atoms with Crippen LogP contribution in [0.25, 0.3) is 0 Å². The number of aliphatic hydroxyl groups is 1. The molecule has 5 heteroatoms. The summed E-state index contributed by atoms with van der Waals surface area (Å²) in [6.45, 7) is 4.75. The average Bonchev–Trinajstić information content (AvgIpc) is 2.49. The first-order chi connectivity index (χ1) is 9.71. The van der Waals surface area contributed by atoms with Crippen molar-refractivity contribution in [2.75, 3.05) is 40.6 Å². The second kappa shape index (κ2) is 9.58. The van der Waals surface area contributed by atoms with Crippen LogP contribution < -0.4 is 14.8 Å². The lowest BCUT2D eigenvalue weighted by Gasteiger charge is -2.15. The highest BCUT2D eigenvalue weighted by Crippen LogP contribution is 2.28. The molecule has 0 radical (unpaired) electrons. The fourth-order valence-electron chi connectivity index (χ4n) is 1.64. The summed E-state index contributed by atoms with van der Waals surface area (Å²) in [5.74, 6) is 1.51. The molecule has 0 saturated carbocycles. The number of hydrogen-bond donors (Lipinski definition) is 2. The molecule has 114 valence electrons. The van der Waals surface area contributed by atoms with Gasteiger partial charge in [-0.05, 0) is 17.7 Å². The number of hydrogen-bond acceptors (Lipinski definition) is 5. The molecule has 2 N–H and O–H groups in total. The molecule has 1 unspecified atom stereocenters. The predicted octanol–water partition coefficient (Wildman–Crippen LogP) is 1.44. The van der Waals surface area contributed by atoms with E-state index in [4.69, 9.17) is 19.3 Å². The molecule has 0 amide bonds. The Morgan fingerprint density at radius 3 is 2.70 bits per heavy atom. The molecule has 1 rings (SSSR count). The zero-order valence-corrected chi connectivity index (χ0v) is 12.5. The average molecular weight is 283 g/mol. The molecule has 1 aromatic carbocycles. The van der Waals surface area contributed by atoms with E-state index in [9.17, 15) is 0 Å². The Morgan fingerprint density at radius 2 is 2.05 bits per heavy atom. The van der Waals surface area contributed by atoms with Crippen molar-refractivity contribution in [1.29, 1.82) is 0 Å². The molecule has 1 atom stereocenters. The van der Waals surface area contributed by atoms with Crippen LogP contribution in [0, 0.1) is 5.92 Å². The number of rotatable bonds is 10. The van der Waals surface area contributed by atoms with Crippen molar-refractivity contribution < 1.29 is 19.3 Å². The molecule has 0 aliphatic carbocycles. The Kier molecular flexibility index (Phi) is 8.02. The monoisotopic (exact) mass is 283 g/mol. The number of nitrogens with one attached hydrogen (secondary N) is 1. The van der Waals surface area contributed by atoms with E-state index >= 15 is 0 Å². The van der Waals surface area contributed by atoms with Gasteiger partial charge < -0.3 is 24.6 Å². The topological polar surface area (TPSA) is 60.0 Å². The third-order valence-corrected chi connectivity index (χ3v) is 2.88. The fraction of sp³-hybridized carbons (Fsp3) is 0.600. The fourth-order valence-corrected chi connectivity index (χ4v) is 1.64. The van der Waals surface area contributed by atoms with E-state index in [1.807, 2.05) is 25.1 Å². The van der Waals surface area contributed by atoms with Crippen LogP contribution >= 0.6 is 0 Å². The first kappa shape index (κ1) is 16.8. The van der Waals surface area contributed by atoms with E-state index in [-0.39, 0.29) is 12.5 Å². The Hall–Kier alpha value is -1.30. The summed E-state index contributed by atoms with van der Waals surface area (Å²) < 4.78 is 16.0. The summed E-state index contributed by atoms with van der Waals surface area (Å²) in [5, 5.41) is 12.3. The van der Waals surface area contributed by atoms with Crippen molar-refractivity contribution in [2.24, 2.45) is 5.92 Å². The molecule has 0 spiro atoms. The number of benzene rings is 1. The molecule has 0 heterocycles. The highest BCUT2D eigenvalue weighted by Gasteiger charge is 2.08. The molecule has 0 saturated heterocycles. The van der Waals surface area contributed by atoms with Crippen molar-refractivity contribution in [3.05, 3.63) is 23.8 Å². The minimum Gasteiger partial charge on any atom is -0.493 e. The second-order valence-corrected chi connectivity index (χ2v) is 4.75. The SMILES string of the molecule is COCCNCc1ccc(OC)c(OCC(C)CO)c1. The van der Waals surface area contributed by atoms with Crippen LogP contribution in [0.1, 0.15) is 12.5 Å². The molecular weight excluding hydrogens is 258 g/mol. The maximum atomic E-state index is 9.03. The molecule has 5 nitrogen and oxygen atoms in total. The Balaban J connectivity index is 2.60. The zero-order chi connectivity index (χ0) is 14.8. The summed E-state index contributed by atoms with van der Waals surface area (Å²) in [6, 6.07) is 5.86. The molecule has 0 aromatic heterocycles. The van der Waals surface area contributed by atoms with Gasteiger partial charge in [0.2, 0.25) is 0 Å². The van der Waals surface area contributed by atoms with Crippen molar-refractivity contribution in [1.82, 2.24) is 5.32 Å². The third kappa shape index (κ3) is 5.77. The van der Waals surface area contributed by atoms with E-state index in [1.54, 1.807) is 14.2 Å². The lowest BCUT2D eigenvalue weighted by molar-refractivity contribution is 0.171. The van der Waals surface area contributed by atoms with Gasteiger partial charge in [0.25, 0.3) is 0 Å². The van der Waals surface area contributed by atoms with Gasteiger partial charge in [-0.1, -0.05) is 13.0 Å². The minimum absolute atomic E-state index is 0.100. The zero-order valence-electron chi connectivity index (χ0n) is 12.5. The van der Waals surface area contributed by atoms with Gasteiger partial charge in [0, 0.05) is 32.7 Å². The van der Waals surface area contributed by atoms with Crippen LogP contribution in [-0.4, -0.2) is 45.7 Å². The second-order valence-electron chi connectivity index (χ2n) is 4.75. The van der Waals surface area contributed by atoms with E-state index < -0.39 is 0 Å². The predicted molar refractivity (Wildman–Crippen MR) is 78.3 cm³/mol. The molecule has 0 aliphatic rings. The van der Waals surface area contributed by atoms with Crippen molar-refractivity contribution in [3.8, 4) is 11.5 Å². The summed E-state index contributed by atoms with van der Waals surface area (Å²) >= 11 is 0. The molecular formula is C15H25NO4. The molecule has 0 bridgehead atoms. The highest BCUT2D eigenvalue weighted by atomic mass is 16.5. The van der Waals surface area contributed by atoms with Gasteiger partial charge in [-0.3, -0.25) is 0 Å².